The second kappa shape index (κ2) is 4.26. The van der Waals surface area contributed by atoms with Crippen molar-refractivity contribution in [3.8, 4) is 0 Å². The van der Waals surface area contributed by atoms with Gasteiger partial charge in [0.15, 0.2) is 0 Å². The first-order chi connectivity index (χ1) is 3.39. The average molecular weight is 262 g/mol. The van der Waals surface area contributed by atoms with E-state index in [-0.39, 0.29) is 20.4 Å². The molecule has 0 aliphatic heterocycles. The van der Waals surface area contributed by atoms with Crippen molar-refractivity contribution in [2.45, 2.75) is 0 Å². The van der Waals surface area contributed by atoms with E-state index in [4.69, 9.17) is 0 Å². The number of hydrogen-bond acceptors (Lipinski definition) is 0. The van der Waals surface area contributed by atoms with E-state index in [1.54, 1.807) is 0 Å². The van der Waals surface area contributed by atoms with Crippen molar-refractivity contribution in [3.05, 3.63) is 34.8 Å². The normalized spacial score (nSPS) is 7.62. The minimum absolute atomic E-state index is 0. The first-order valence-corrected chi connectivity index (χ1v) is 2.80. The molecule has 0 radical (unpaired) electrons. The number of hydrogen-bond donors (Lipinski definition) is 0. The van der Waals surface area contributed by atoms with Gasteiger partial charge in [-0.2, -0.15) is 30.3 Å². The van der Waals surface area contributed by atoms with Gasteiger partial charge in [-0.15, -0.1) is 0 Å². The topological polar surface area (TPSA) is 0 Å². The van der Waals surface area contributed by atoms with Crippen LogP contribution in [0.4, 0.5) is 0 Å². The Morgan fingerprint density at radius 3 is 2.00 bits per heavy atom. The zero-order valence-electron chi connectivity index (χ0n) is 4.00. The molecule has 0 fully saturated rings. The third-order valence-electron chi connectivity index (χ3n) is 0.678. The molecule has 0 spiro atoms. The summed E-state index contributed by atoms with van der Waals surface area (Å²) >= 11 is 3.29. The maximum atomic E-state index is 3.29. The fourth-order valence-corrected chi connectivity index (χ4v) is 0.631. The zero-order valence-corrected chi connectivity index (χ0v) is 7.14. The Kier molecular flexibility index (Phi) is 4.45. The third kappa shape index (κ3) is 2.62. The molecule has 0 saturated heterocycles. The van der Waals surface area contributed by atoms with E-state index in [9.17, 15) is 0 Å². The summed E-state index contributed by atoms with van der Waals surface area (Å²) in [6.07, 6.45) is 0. The van der Waals surface area contributed by atoms with Crippen LogP contribution < -0.4 is 0 Å². The van der Waals surface area contributed by atoms with Crippen LogP contribution in [0.5, 0.6) is 0 Å². The standard InChI is InChI=1S/C6H4Br.Pd/c7-6-4-2-1-3-5-6;/h2-5H;/q-1;. The Morgan fingerprint density at radius 2 is 1.75 bits per heavy atom. The van der Waals surface area contributed by atoms with Crippen molar-refractivity contribution >= 4 is 15.9 Å². The van der Waals surface area contributed by atoms with E-state index < -0.39 is 0 Å². The van der Waals surface area contributed by atoms with Crippen molar-refractivity contribution < 1.29 is 20.4 Å². The summed E-state index contributed by atoms with van der Waals surface area (Å²) in [4.78, 5) is 0. The molecule has 0 aliphatic rings. The maximum absolute atomic E-state index is 3.29. The molecule has 0 atom stereocenters. The summed E-state index contributed by atoms with van der Waals surface area (Å²) < 4.78 is 1.10. The molecule has 0 aromatic heterocycles. The summed E-state index contributed by atoms with van der Waals surface area (Å²) in [7, 11) is 0. The van der Waals surface area contributed by atoms with Crippen molar-refractivity contribution in [3.63, 3.8) is 0 Å². The number of benzene rings is 1. The van der Waals surface area contributed by atoms with Crippen LogP contribution in [0.1, 0.15) is 0 Å². The fraction of sp³-hybridized carbons (Fsp3) is 0. The van der Waals surface area contributed by atoms with Gasteiger partial charge in [-0.05, 0) is 0 Å². The van der Waals surface area contributed by atoms with Crippen LogP contribution >= 0.6 is 15.9 Å². The molecular weight excluding hydrogens is 258 g/mol. The van der Waals surface area contributed by atoms with E-state index in [0.717, 1.165) is 4.47 Å². The molecule has 0 saturated carbocycles. The van der Waals surface area contributed by atoms with Gasteiger partial charge in [0.25, 0.3) is 0 Å². The monoisotopic (exact) mass is 261 g/mol. The van der Waals surface area contributed by atoms with Gasteiger partial charge in [0.1, 0.15) is 0 Å². The van der Waals surface area contributed by atoms with Crippen molar-refractivity contribution in [1.82, 2.24) is 0 Å². The Balaban J connectivity index is 0.000000490. The number of rotatable bonds is 0. The minimum Gasteiger partial charge on any atom is -0.184 e. The van der Waals surface area contributed by atoms with E-state index >= 15 is 0 Å². The van der Waals surface area contributed by atoms with Gasteiger partial charge in [0.05, 0.1) is 0 Å². The summed E-state index contributed by atoms with van der Waals surface area (Å²) in [5, 5.41) is 0. The Hall–Kier alpha value is 0.362. The Bertz CT molecular complexity index is 138. The quantitative estimate of drug-likeness (QED) is 0.497. The molecule has 0 heterocycles. The van der Waals surface area contributed by atoms with Crippen molar-refractivity contribution in [1.29, 1.82) is 0 Å². The molecule has 0 unspecified atom stereocenters. The molecule has 8 heavy (non-hydrogen) atoms. The van der Waals surface area contributed by atoms with Gasteiger partial charge < -0.3 is 0 Å². The van der Waals surface area contributed by atoms with Crippen LogP contribution in [0, 0.1) is 6.07 Å². The maximum Gasteiger partial charge on any atom is 0 e. The van der Waals surface area contributed by atoms with Crippen molar-refractivity contribution in [2.75, 3.05) is 0 Å². The number of halogens is 1. The second-order valence-corrected chi connectivity index (χ2v) is 2.13. The van der Waals surface area contributed by atoms with Crippen LogP contribution in [0.15, 0.2) is 28.7 Å². The Morgan fingerprint density at radius 1 is 1.25 bits per heavy atom. The van der Waals surface area contributed by atoms with Gasteiger partial charge in [-0.1, -0.05) is 20.4 Å². The van der Waals surface area contributed by atoms with Crippen LogP contribution in [-0.2, 0) is 20.4 Å². The first kappa shape index (κ1) is 8.36. The van der Waals surface area contributed by atoms with Gasteiger partial charge in [0.2, 0.25) is 0 Å². The molecular formula is C6H4BrPd-. The first-order valence-electron chi connectivity index (χ1n) is 2.01. The largest absolute Gasteiger partial charge is 0.184 e. The molecule has 46 valence electrons. The van der Waals surface area contributed by atoms with Crippen LogP contribution in [0.25, 0.3) is 0 Å². The molecule has 1 rings (SSSR count). The van der Waals surface area contributed by atoms with Gasteiger partial charge in [0, 0.05) is 20.4 Å². The summed E-state index contributed by atoms with van der Waals surface area (Å²) in [6.45, 7) is 0. The minimum atomic E-state index is 0. The summed E-state index contributed by atoms with van der Waals surface area (Å²) in [5.74, 6) is 0. The predicted octanol–water partition coefficient (Wildman–Crippen LogP) is 2.25. The third-order valence-corrected chi connectivity index (χ3v) is 1.21. The summed E-state index contributed by atoms with van der Waals surface area (Å²) in [6, 6.07) is 10.5. The zero-order chi connectivity index (χ0) is 5.11. The Labute approximate surface area is 71.1 Å². The molecule has 1 aromatic carbocycles. The molecule has 2 heteroatoms. The predicted molar refractivity (Wildman–Crippen MR) is 33.0 cm³/mol. The molecule has 0 aliphatic carbocycles. The van der Waals surface area contributed by atoms with Gasteiger partial charge in [-0.25, -0.2) is 0 Å². The molecule has 1 aromatic rings. The van der Waals surface area contributed by atoms with E-state index in [1.165, 1.54) is 0 Å². The smallest absolute Gasteiger partial charge is 0 e. The van der Waals surface area contributed by atoms with Gasteiger partial charge in [-0.3, -0.25) is 0 Å². The van der Waals surface area contributed by atoms with Crippen LogP contribution in [0.2, 0.25) is 0 Å². The molecule has 0 nitrogen and oxygen atoms in total. The SMILES string of the molecule is Brc1cc[c-]cc1.[Pd]. The summed E-state index contributed by atoms with van der Waals surface area (Å²) in [5.41, 5.74) is 0. The fourth-order valence-electron chi connectivity index (χ4n) is 0.367. The van der Waals surface area contributed by atoms with Crippen LogP contribution in [0.3, 0.4) is 0 Å². The van der Waals surface area contributed by atoms with E-state index in [0.29, 0.717) is 0 Å². The average Bonchev–Trinajstić information content (AvgIpc) is 1.69. The molecule has 0 N–H and O–H groups in total. The van der Waals surface area contributed by atoms with Gasteiger partial charge >= 0.3 is 0 Å². The van der Waals surface area contributed by atoms with E-state index in [2.05, 4.69) is 22.0 Å². The second-order valence-electron chi connectivity index (χ2n) is 1.22. The molecule has 0 amide bonds. The molecule has 0 bridgehead atoms. The van der Waals surface area contributed by atoms with Crippen LogP contribution in [-0.4, -0.2) is 0 Å². The van der Waals surface area contributed by atoms with Crippen molar-refractivity contribution in [2.24, 2.45) is 0 Å². The van der Waals surface area contributed by atoms with E-state index in [1.807, 2.05) is 24.3 Å².